The zero-order valence-electron chi connectivity index (χ0n) is 18.1. The van der Waals surface area contributed by atoms with E-state index in [0.717, 1.165) is 19.3 Å². The third kappa shape index (κ3) is 10.7. The molecule has 0 aromatic heterocycles. The molecule has 0 aromatic rings. The SMILES string of the molecule is CCCCC[C@H](O)/C=C/[C@@H]1[C@@H](C/C=C/CCCC(=O)OCC(O)CO)[C@@H](O)C[C@H]1O. The fraction of sp³-hybridized carbons (Fsp3) is 0.783. The lowest BCUT2D eigenvalue weighted by Crippen LogP contribution is -2.21. The van der Waals surface area contributed by atoms with Crippen molar-refractivity contribution in [1.29, 1.82) is 0 Å². The second kappa shape index (κ2) is 15.5. The molecule has 0 amide bonds. The summed E-state index contributed by atoms with van der Waals surface area (Å²) in [6.45, 7) is 1.48. The van der Waals surface area contributed by atoms with E-state index >= 15 is 0 Å². The molecule has 7 heteroatoms. The molecule has 0 heterocycles. The average molecular weight is 429 g/mol. The zero-order valence-corrected chi connectivity index (χ0v) is 18.1. The lowest BCUT2D eigenvalue weighted by atomic mass is 9.89. The summed E-state index contributed by atoms with van der Waals surface area (Å²) in [4.78, 5) is 11.5. The Morgan fingerprint density at radius 3 is 2.60 bits per heavy atom. The topological polar surface area (TPSA) is 127 Å². The largest absolute Gasteiger partial charge is 0.463 e. The van der Waals surface area contributed by atoms with Crippen molar-refractivity contribution in [3.63, 3.8) is 0 Å². The molecule has 1 aliphatic rings. The Hall–Kier alpha value is -1.25. The Labute approximate surface area is 180 Å². The summed E-state index contributed by atoms with van der Waals surface area (Å²) in [5.74, 6) is -0.688. The van der Waals surface area contributed by atoms with Crippen LogP contribution in [0, 0.1) is 11.8 Å². The first kappa shape index (κ1) is 26.8. The number of carbonyl (C=O) groups is 1. The maximum Gasteiger partial charge on any atom is 0.305 e. The number of aliphatic hydroxyl groups is 5. The number of unbranched alkanes of at least 4 members (excludes halogenated alkanes) is 3. The second-order valence-electron chi connectivity index (χ2n) is 8.18. The van der Waals surface area contributed by atoms with Crippen molar-refractivity contribution in [1.82, 2.24) is 0 Å². The summed E-state index contributed by atoms with van der Waals surface area (Å²) in [6.07, 6.45) is 11.1. The molecular weight excluding hydrogens is 388 g/mol. The Kier molecular flexibility index (Phi) is 13.9. The van der Waals surface area contributed by atoms with Crippen LogP contribution in [-0.4, -0.2) is 69.1 Å². The molecule has 30 heavy (non-hydrogen) atoms. The predicted octanol–water partition coefficient (Wildman–Crippen LogP) is 1.85. The summed E-state index contributed by atoms with van der Waals surface area (Å²) in [6, 6.07) is 0. The lowest BCUT2D eigenvalue weighted by molar-refractivity contribution is -0.147. The first-order valence-electron chi connectivity index (χ1n) is 11.2. The Bertz CT molecular complexity index is 520. The summed E-state index contributed by atoms with van der Waals surface area (Å²) < 4.78 is 4.84. The van der Waals surface area contributed by atoms with Gasteiger partial charge in [-0.25, -0.2) is 0 Å². The minimum absolute atomic E-state index is 0.0970. The van der Waals surface area contributed by atoms with Gasteiger partial charge in [-0.2, -0.15) is 0 Å². The molecule has 0 aliphatic heterocycles. The van der Waals surface area contributed by atoms with Crippen LogP contribution in [-0.2, 0) is 9.53 Å². The molecule has 0 spiro atoms. The maximum absolute atomic E-state index is 11.5. The van der Waals surface area contributed by atoms with Crippen molar-refractivity contribution in [2.75, 3.05) is 13.2 Å². The number of ether oxygens (including phenoxy) is 1. The smallest absolute Gasteiger partial charge is 0.305 e. The van der Waals surface area contributed by atoms with Crippen LogP contribution < -0.4 is 0 Å². The number of esters is 1. The normalized spacial score (nSPS) is 26.5. The van der Waals surface area contributed by atoms with Crippen LogP contribution in [0.15, 0.2) is 24.3 Å². The van der Waals surface area contributed by atoms with E-state index in [2.05, 4.69) is 6.92 Å². The van der Waals surface area contributed by atoms with Gasteiger partial charge in [0.25, 0.3) is 0 Å². The van der Waals surface area contributed by atoms with Crippen molar-refractivity contribution in [2.45, 2.75) is 89.1 Å². The van der Waals surface area contributed by atoms with Crippen LogP contribution in [0.2, 0.25) is 0 Å². The van der Waals surface area contributed by atoms with Gasteiger partial charge in [-0.05, 0) is 31.6 Å². The number of hydrogen-bond donors (Lipinski definition) is 5. The molecule has 5 N–H and O–H groups in total. The van der Waals surface area contributed by atoms with Crippen molar-refractivity contribution in [2.24, 2.45) is 11.8 Å². The van der Waals surface area contributed by atoms with Gasteiger partial charge in [-0.15, -0.1) is 0 Å². The molecule has 7 nitrogen and oxygen atoms in total. The van der Waals surface area contributed by atoms with Crippen LogP contribution in [0.3, 0.4) is 0 Å². The highest BCUT2D eigenvalue weighted by Crippen LogP contribution is 2.36. The van der Waals surface area contributed by atoms with Gasteiger partial charge in [0.2, 0.25) is 0 Å². The van der Waals surface area contributed by atoms with Gasteiger partial charge in [-0.3, -0.25) is 4.79 Å². The molecule has 1 aliphatic carbocycles. The van der Waals surface area contributed by atoms with Gasteiger partial charge in [0.15, 0.2) is 0 Å². The molecule has 1 fully saturated rings. The first-order valence-corrected chi connectivity index (χ1v) is 11.2. The number of aliphatic hydroxyl groups excluding tert-OH is 5. The van der Waals surface area contributed by atoms with E-state index in [9.17, 15) is 20.1 Å². The summed E-state index contributed by atoms with van der Waals surface area (Å²) in [5, 5.41) is 48.4. The van der Waals surface area contributed by atoms with Gasteiger partial charge < -0.3 is 30.3 Å². The highest BCUT2D eigenvalue weighted by atomic mass is 16.5. The predicted molar refractivity (Wildman–Crippen MR) is 115 cm³/mol. The van der Waals surface area contributed by atoms with E-state index in [4.69, 9.17) is 14.9 Å². The standard InChI is InChI=1S/C23H40O7/c1-2-3-6-9-17(25)12-13-20-19(21(27)14-22(20)28)10-7-4-5-8-11-23(29)30-16-18(26)15-24/h4,7,12-13,17-22,24-28H,2-3,5-6,8-11,14-16H2,1H3/b7-4+,13-12+/t17-,18?,19+,20+,21-,22+/m0/s1. The van der Waals surface area contributed by atoms with Gasteiger partial charge in [0, 0.05) is 18.8 Å². The van der Waals surface area contributed by atoms with Gasteiger partial charge >= 0.3 is 5.97 Å². The molecule has 0 radical (unpaired) electrons. The van der Waals surface area contributed by atoms with E-state index in [-0.39, 0.29) is 24.9 Å². The summed E-state index contributed by atoms with van der Waals surface area (Å²) >= 11 is 0. The molecule has 1 unspecified atom stereocenters. The number of carbonyl (C=O) groups excluding carboxylic acids is 1. The van der Waals surface area contributed by atoms with Gasteiger partial charge in [-0.1, -0.05) is 50.5 Å². The summed E-state index contributed by atoms with van der Waals surface area (Å²) in [5.41, 5.74) is 0. The zero-order chi connectivity index (χ0) is 22.4. The van der Waals surface area contributed by atoms with Crippen molar-refractivity contribution in [3.8, 4) is 0 Å². The Morgan fingerprint density at radius 1 is 1.13 bits per heavy atom. The van der Waals surface area contributed by atoms with Crippen LogP contribution in [0.1, 0.15) is 64.7 Å². The Morgan fingerprint density at radius 2 is 1.90 bits per heavy atom. The molecule has 0 saturated heterocycles. The molecule has 174 valence electrons. The average Bonchev–Trinajstić information content (AvgIpc) is 2.99. The highest BCUT2D eigenvalue weighted by Gasteiger charge is 2.39. The third-order valence-electron chi connectivity index (χ3n) is 5.55. The van der Waals surface area contributed by atoms with Crippen LogP contribution in [0.4, 0.5) is 0 Å². The van der Waals surface area contributed by atoms with Crippen LogP contribution >= 0.6 is 0 Å². The maximum atomic E-state index is 11.5. The lowest BCUT2D eigenvalue weighted by Gasteiger charge is -2.19. The number of hydrogen-bond acceptors (Lipinski definition) is 7. The quantitative estimate of drug-likeness (QED) is 0.153. The van der Waals surface area contributed by atoms with Crippen molar-refractivity contribution in [3.05, 3.63) is 24.3 Å². The molecule has 6 atom stereocenters. The number of rotatable bonds is 15. The molecule has 1 saturated carbocycles. The van der Waals surface area contributed by atoms with E-state index in [0.29, 0.717) is 32.1 Å². The molecular formula is C23H40O7. The second-order valence-corrected chi connectivity index (χ2v) is 8.18. The summed E-state index contributed by atoms with van der Waals surface area (Å²) in [7, 11) is 0. The van der Waals surface area contributed by atoms with E-state index < -0.39 is 37.0 Å². The van der Waals surface area contributed by atoms with Gasteiger partial charge in [0.05, 0.1) is 24.9 Å². The first-order chi connectivity index (χ1) is 14.4. The number of allylic oxidation sites excluding steroid dienone is 2. The monoisotopic (exact) mass is 428 g/mol. The minimum atomic E-state index is -1.04. The van der Waals surface area contributed by atoms with Crippen molar-refractivity contribution >= 4 is 5.97 Å². The van der Waals surface area contributed by atoms with Crippen LogP contribution in [0.25, 0.3) is 0 Å². The molecule has 0 aromatic carbocycles. The van der Waals surface area contributed by atoms with E-state index in [1.165, 1.54) is 0 Å². The van der Waals surface area contributed by atoms with Gasteiger partial charge in [0.1, 0.15) is 12.7 Å². The molecule has 1 rings (SSSR count). The van der Waals surface area contributed by atoms with E-state index in [1.54, 1.807) is 6.08 Å². The molecule has 0 bridgehead atoms. The highest BCUT2D eigenvalue weighted by molar-refractivity contribution is 5.69. The van der Waals surface area contributed by atoms with Crippen molar-refractivity contribution < 1.29 is 35.1 Å². The third-order valence-corrected chi connectivity index (χ3v) is 5.55. The minimum Gasteiger partial charge on any atom is -0.463 e. The van der Waals surface area contributed by atoms with E-state index in [1.807, 2.05) is 18.2 Å². The fourth-order valence-corrected chi connectivity index (χ4v) is 3.71. The van der Waals surface area contributed by atoms with Crippen LogP contribution in [0.5, 0.6) is 0 Å². The fourth-order valence-electron chi connectivity index (χ4n) is 3.71. The Balaban J connectivity index is 2.36.